The molecule has 3 aromatic heterocycles. The van der Waals surface area contributed by atoms with Crippen molar-refractivity contribution in [2.75, 3.05) is 10.6 Å². The molecule has 11 heteroatoms. The van der Waals surface area contributed by atoms with Gasteiger partial charge in [-0.2, -0.15) is 24.5 Å². The minimum Gasteiger partial charge on any atom is -0.472 e. The molecule has 0 radical (unpaired) electrons. The van der Waals surface area contributed by atoms with Gasteiger partial charge in [0.2, 0.25) is 0 Å². The molecular weight excluding hydrogens is 463 g/mol. The number of halogens is 3. The third-order valence-electron chi connectivity index (χ3n) is 4.39. The first-order valence-corrected chi connectivity index (χ1v) is 10.8. The van der Waals surface area contributed by atoms with Gasteiger partial charge in [0.25, 0.3) is 11.8 Å². The second-order valence-corrected chi connectivity index (χ2v) is 8.40. The van der Waals surface area contributed by atoms with Crippen LogP contribution in [0, 0.1) is 6.92 Å². The van der Waals surface area contributed by atoms with Gasteiger partial charge in [-0.25, -0.2) is 4.98 Å². The van der Waals surface area contributed by atoms with Crippen LogP contribution < -0.4 is 10.6 Å². The number of anilines is 2. The van der Waals surface area contributed by atoms with E-state index in [1.54, 1.807) is 6.92 Å². The van der Waals surface area contributed by atoms with Crippen molar-refractivity contribution in [3.05, 3.63) is 75.3 Å². The first-order valence-electron chi connectivity index (χ1n) is 9.08. The minimum atomic E-state index is -4.76. The maximum Gasteiger partial charge on any atom is 0.418 e. The number of furan rings is 1. The Hall–Kier alpha value is -3.44. The Kier molecular flexibility index (Phi) is 5.85. The molecule has 0 aliphatic rings. The second kappa shape index (κ2) is 8.60. The molecule has 0 unspecified atom stereocenters. The average molecular weight is 477 g/mol. The van der Waals surface area contributed by atoms with Gasteiger partial charge >= 0.3 is 6.18 Å². The smallest absolute Gasteiger partial charge is 0.418 e. The number of aromatic nitrogens is 1. The molecule has 0 atom stereocenters. The third kappa shape index (κ3) is 4.58. The van der Waals surface area contributed by atoms with E-state index in [1.807, 2.05) is 16.8 Å². The lowest BCUT2D eigenvalue weighted by Gasteiger charge is -2.15. The SMILES string of the molecule is Cc1nc(-c2ccsc2)sc1C(=O)Nc1ccc(NC(=O)c2ccoc2)cc1C(F)(F)F. The molecule has 4 rings (SSSR count). The normalized spacial score (nSPS) is 11.4. The van der Waals surface area contributed by atoms with Crippen LogP contribution in [0.4, 0.5) is 24.5 Å². The predicted octanol–water partition coefficient (Wildman–Crippen LogP) is 6.30. The number of benzene rings is 1. The predicted molar refractivity (Wildman–Crippen MR) is 116 cm³/mol. The number of carbonyl (C=O) groups is 2. The molecule has 1 aromatic carbocycles. The monoisotopic (exact) mass is 477 g/mol. The minimum absolute atomic E-state index is 0.0739. The fourth-order valence-electron chi connectivity index (χ4n) is 2.86. The molecule has 32 heavy (non-hydrogen) atoms. The molecule has 0 saturated carbocycles. The summed E-state index contributed by atoms with van der Waals surface area (Å²) in [5, 5.41) is 9.06. The summed E-state index contributed by atoms with van der Waals surface area (Å²) in [5.74, 6) is -1.31. The Balaban J connectivity index is 1.59. The van der Waals surface area contributed by atoms with Crippen LogP contribution in [0.25, 0.3) is 10.6 Å². The Bertz CT molecular complexity index is 1260. The molecule has 4 aromatic rings. The zero-order chi connectivity index (χ0) is 22.9. The fraction of sp³-hybridized carbons (Fsp3) is 0.0952. The standard InChI is InChI=1S/C21H14F3N3O3S2/c1-11-17(32-20(25-11)13-5-7-31-10-13)19(29)27-16-3-2-14(8-15(16)21(22,23)24)26-18(28)12-4-6-30-9-12/h2-10H,1H3,(H,26,28)(H,27,29). The summed E-state index contributed by atoms with van der Waals surface area (Å²) >= 11 is 2.58. The highest BCUT2D eigenvalue weighted by Crippen LogP contribution is 2.37. The molecule has 0 aliphatic heterocycles. The van der Waals surface area contributed by atoms with Crippen molar-refractivity contribution in [2.24, 2.45) is 0 Å². The summed E-state index contributed by atoms with van der Waals surface area (Å²) in [6, 6.07) is 6.38. The zero-order valence-corrected chi connectivity index (χ0v) is 18.0. The van der Waals surface area contributed by atoms with Gasteiger partial charge in [-0.15, -0.1) is 11.3 Å². The molecule has 0 spiro atoms. The van der Waals surface area contributed by atoms with Crippen molar-refractivity contribution in [3.8, 4) is 10.6 Å². The number of thiophene rings is 1. The quantitative estimate of drug-likeness (QED) is 0.354. The molecule has 2 N–H and O–H groups in total. The molecule has 3 heterocycles. The molecule has 0 fully saturated rings. The highest BCUT2D eigenvalue weighted by Gasteiger charge is 2.35. The Labute approximate surface area is 187 Å². The summed E-state index contributed by atoms with van der Waals surface area (Å²) in [7, 11) is 0. The molecule has 6 nitrogen and oxygen atoms in total. The van der Waals surface area contributed by atoms with Crippen molar-refractivity contribution in [1.29, 1.82) is 0 Å². The van der Waals surface area contributed by atoms with Crippen LogP contribution in [-0.4, -0.2) is 16.8 Å². The van der Waals surface area contributed by atoms with Crippen LogP contribution in [0.1, 0.15) is 31.3 Å². The number of hydrogen-bond acceptors (Lipinski definition) is 6. The molecule has 2 amide bonds. The molecule has 0 saturated heterocycles. The number of carbonyl (C=O) groups excluding carboxylic acids is 2. The summed E-state index contributed by atoms with van der Waals surface area (Å²) in [6.45, 7) is 1.63. The van der Waals surface area contributed by atoms with Crippen molar-refractivity contribution < 1.29 is 27.2 Å². The average Bonchev–Trinajstić information content (AvgIpc) is 3.49. The van der Waals surface area contributed by atoms with E-state index in [9.17, 15) is 22.8 Å². The summed E-state index contributed by atoms with van der Waals surface area (Å²) in [6.07, 6.45) is -2.31. The largest absolute Gasteiger partial charge is 0.472 e. The fourth-order valence-corrected chi connectivity index (χ4v) is 4.53. The van der Waals surface area contributed by atoms with E-state index in [1.165, 1.54) is 36.0 Å². The van der Waals surface area contributed by atoms with Gasteiger partial charge in [-0.05, 0) is 42.6 Å². The molecule has 0 aliphatic carbocycles. The van der Waals surface area contributed by atoms with E-state index in [0.29, 0.717) is 10.7 Å². The van der Waals surface area contributed by atoms with Crippen LogP contribution >= 0.6 is 22.7 Å². The van der Waals surface area contributed by atoms with Crippen LogP contribution in [0.15, 0.2) is 58.0 Å². The van der Waals surface area contributed by atoms with Gasteiger partial charge in [0, 0.05) is 16.6 Å². The number of amides is 2. The van der Waals surface area contributed by atoms with Crippen molar-refractivity contribution in [3.63, 3.8) is 0 Å². The number of hydrogen-bond donors (Lipinski definition) is 2. The van der Waals surface area contributed by atoms with Gasteiger partial charge < -0.3 is 15.1 Å². The van der Waals surface area contributed by atoms with E-state index in [0.717, 1.165) is 29.0 Å². The van der Waals surface area contributed by atoms with Crippen molar-refractivity contribution in [1.82, 2.24) is 4.98 Å². The topological polar surface area (TPSA) is 84.2 Å². The summed E-state index contributed by atoms with van der Waals surface area (Å²) in [4.78, 5) is 29.4. The molecule has 164 valence electrons. The van der Waals surface area contributed by atoms with Gasteiger partial charge in [-0.1, -0.05) is 0 Å². The number of alkyl halides is 3. The molecule has 0 bridgehead atoms. The first kappa shape index (κ1) is 21.8. The van der Waals surface area contributed by atoms with Gasteiger partial charge in [0.15, 0.2) is 0 Å². The maximum atomic E-state index is 13.7. The lowest BCUT2D eigenvalue weighted by molar-refractivity contribution is -0.136. The third-order valence-corrected chi connectivity index (χ3v) is 6.27. The Morgan fingerprint density at radius 1 is 1.09 bits per heavy atom. The van der Waals surface area contributed by atoms with Gasteiger partial charge in [0.1, 0.15) is 16.1 Å². The highest BCUT2D eigenvalue weighted by molar-refractivity contribution is 7.17. The van der Waals surface area contributed by atoms with Crippen molar-refractivity contribution >= 4 is 45.9 Å². The number of rotatable bonds is 5. The number of nitrogens with zero attached hydrogens (tertiary/aromatic N) is 1. The second-order valence-electron chi connectivity index (χ2n) is 6.62. The van der Waals surface area contributed by atoms with Crippen molar-refractivity contribution in [2.45, 2.75) is 13.1 Å². The van der Waals surface area contributed by atoms with Gasteiger partial charge in [-0.3, -0.25) is 9.59 Å². The molecular formula is C21H14F3N3O3S2. The number of thiazole rings is 1. The van der Waals surface area contributed by atoms with E-state index in [2.05, 4.69) is 15.6 Å². The van der Waals surface area contributed by atoms with Crippen LogP contribution in [-0.2, 0) is 6.18 Å². The van der Waals surface area contributed by atoms with Crippen LogP contribution in [0.3, 0.4) is 0 Å². The Morgan fingerprint density at radius 2 is 1.91 bits per heavy atom. The maximum absolute atomic E-state index is 13.7. The highest BCUT2D eigenvalue weighted by atomic mass is 32.1. The number of aryl methyl sites for hydroxylation is 1. The summed E-state index contributed by atoms with van der Waals surface area (Å²) < 4.78 is 45.8. The number of nitrogens with one attached hydrogen (secondary N) is 2. The van der Waals surface area contributed by atoms with E-state index < -0.39 is 29.2 Å². The Morgan fingerprint density at radius 3 is 2.56 bits per heavy atom. The van der Waals surface area contributed by atoms with Crippen LogP contribution in [0.5, 0.6) is 0 Å². The van der Waals surface area contributed by atoms with Crippen LogP contribution in [0.2, 0.25) is 0 Å². The van der Waals surface area contributed by atoms with E-state index in [-0.39, 0.29) is 16.1 Å². The van der Waals surface area contributed by atoms with E-state index in [4.69, 9.17) is 4.42 Å². The van der Waals surface area contributed by atoms with E-state index >= 15 is 0 Å². The lowest BCUT2D eigenvalue weighted by Crippen LogP contribution is -2.18. The zero-order valence-electron chi connectivity index (χ0n) is 16.3. The summed E-state index contributed by atoms with van der Waals surface area (Å²) in [5.41, 5.74) is -0.153. The van der Waals surface area contributed by atoms with Gasteiger partial charge in [0.05, 0.1) is 28.8 Å². The lowest BCUT2D eigenvalue weighted by atomic mass is 10.1. The first-order chi connectivity index (χ1) is 15.2.